The molecule has 8 nitrogen and oxygen atoms in total. The number of fused-ring (bicyclic) bond motifs is 1. The van der Waals surface area contributed by atoms with Crippen LogP contribution in [0.15, 0.2) is 61.5 Å². The molecular weight excluding hydrogens is 450 g/mol. The lowest BCUT2D eigenvalue weighted by Gasteiger charge is -2.22. The Labute approximate surface area is 204 Å². The van der Waals surface area contributed by atoms with Gasteiger partial charge in [-0.2, -0.15) is 9.78 Å². The summed E-state index contributed by atoms with van der Waals surface area (Å²) in [5, 5.41) is 5.03. The van der Waals surface area contributed by atoms with Crippen LogP contribution in [-0.4, -0.2) is 68.8 Å². The highest BCUT2D eigenvalue weighted by molar-refractivity contribution is 6.31. The quantitative estimate of drug-likeness (QED) is 0.553. The van der Waals surface area contributed by atoms with Crippen molar-refractivity contribution >= 4 is 23.3 Å². The third kappa shape index (κ3) is 4.43. The van der Waals surface area contributed by atoms with E-state index >= 15 is 0 Å². The second-order valence-corrected chi connectivity index (χ2v) is 9.65. The number of aromatic nitrogens is 4. The summed E-state index contributed by atoms with van der Waals surface area (Å²) in [6, 6.07) is 7.93. The fraction of sp³-hybridized carbons (Fsp3) is 0.360. The second-order valence-electron chi connectivity index (χ2n) is 9.24. The van der Waals surface area contributed by atoms with Crippen LogP contribution in [0.4, 0.5) is 10.5 Å². The van der Waals surface area contributed by atoms with Crippen molar-refractivity contribution < 1.29 is 4.79 Å². The summed E-state index contributed by atoms with van der Waals surface area (Å²) < 4.78 is 1.44. The highest BCUT2D eigenvalue weighted by Gasteiger charge is 2.42. The van der Waals surface area contributed by atoms with Crippen molar-refractivity contribution in [3.8, 4) is 11.3 Å². The van der Waals surface area contributed by atoms with Gasteiger partial charge < -0.3 is 9.80 Å². The number of amides is 1. The molecule has 5 rings (SSSR count). The number of carbonyl (C=O) groups excluding carboxylic acids is 1. The molecule has 176 valence electrons. The number of rotatable bonds is 5. The minimum Gasteiger partial charge on any atom is -0.347 e. The van der Waals surface area contributed by atoms with Gasteiger partial charge in [0.15, 0.2) is 0 Å². The van der Waals surface area contributed by atoms with Crippen LogP contribution in [0.1, 0.15) is 12.5 Å². The van der Waals surface area contributed by atoms with Gasteiger partial charge in [-0.25, -0.2) is 14.8 Å². The molecule has 2 aliphatic heterocycles. The topological polar surface area (TPSA) is 70.4 Å². The van der Waals surface area contributed by atoms with Gasteiger partial charge in [-0.15, -0.1) is 0 Å². The van der Waals surface area contributed by atoms with Crippen molar-refractivity contribution in [2.24, 2.45) is 11.8 Å². The van der Waals surface area contributed by atoms with Crippen molar-refractivity contribution in [2.45, 2.75) is 13.5 Å². The molecule has 0 bridgehead atoms. The van der Waals surface area contributed by atoms with E-state index in [4.69, 9.17) is 11.6 Å². The molecule has 2 fully saturated rings. The number of nitrogens with zero attached hydrogens (tertiary/aromatic N) is 7. The number of carbonyl (C=O) groups is 1. The molecule has 1 aromatic carbocycles. The number of benzene rings is 1. The van der Waals surface area contributed by atoms with Gasteiger partial charge in [0.1, 0.15) is 6.33 Å². The van der Waals surface area contributed by atoms with Gasteiger partial charge in [0.2, 0.25) is 0 Å². The molecule has 9 heteroatoms. The maximum atomic E-state index is 13.0. The Morgan fingerprint density at radius 2 is 1.97 bits per heavy atom. The molecule has 3 aromatic rings. The van der Waals surface area contributed by atoms with Crippen LogP contribution in [0.5, 0.6) is 0 Å². The van der Waals surface area contributed by atoms with Gasteiger partial charge in [-0.05, 0) is 36.5 Å². The Kier molecular flexibility index (Phi) is 6.10. The summed E-state index contributed by atoms with van der Waals surface area (Å²) in [6.07, 6.45) is 6.74. The Balaban J connectivity index is 1.18. The van der Waals surface area contributed by atoms with E-state index in [-0.39, 0.29) is 6.03 Å². The van der Waals surface area contributed by atoms with Crippen LogP contribution in [-0.2, 0) is 6.54 Å². The number of allylic oxidation sites excluding steroid dienone is 1. The van der Waals surface area contributed by atoms with Gasteiger partial charge in [0, 0.05) is 62.3 Å². The summed E-state index contributed by atoms with van der Waals surface area (Å²) in [5.41, 5.74) is 4.71. The molecule has 2 aliphatic rings. The maximum Gasteiger partial charge on any atom is 0.344 e. The fourth-order valence-corrected chi connectivity index (χ4v) is 5.11. The van der Waals surface area contributed by atoms with Gasteiger partial charge in [0.05, 0.1) is 23.8 Å². The molecule has 1 amide bonds. The highest BCUT2D eigenvalue weighted by atomic mass is 35.5. The van der Waals surface area contributed by atoms with Crippen molar-refractivity contribution in [2.75, 3.05) is 38.1 Å². The van der Waals surface area contributed by atoms with E-state index in [1.54, 1.807) is 24.9 Å². The molecule has 2 saturated heterocycles. The molecule has 0 spiro atoms. The molecule has 34 heavy (non-hydrogen) atoms. The van der Waals surface area contributed by atoms with E-state index in [0.29, 0.717) is 11.8 Å². The van der Waals surface area contributed by atoms with E-state index < -0.39 is 0 Å². The third-order valence-corrected chi connectivity index (χ3v) is 7.23. The first kappa shape index (κ1) is 22.6. The van der Waals surface area contributed by atoms with E-state index in [1.165, 1.54) is 4.68 Å². The standard InChI is InChI=1S/C25H28ClN7O/c1-17(2)30(3)22-9-29-33(15-22)25(34)32-13-20-11-31(12-21(20)14-32)10-19-5-4-18(8-23(19)26)24-6-7-27-16-28-24/h4-9,15-16,20-21H,1,10-14H2,2-3H3. The first-order chi connectivity index (χ1) is 16.4. The third-order valence-electron chi connectivity index (χ3n) is 6.88. The van der Waals surface area contributed by atoms with Gasteiger partial charge in [-0.1, -0.05) is 30.3 Å². The zero-order valence-corrected chi connectivity index (χ0v) is 20.2. The largest absolute Gasteiger partial charge is 0.347 e. The molecule has 0 aliphatic carbocycles. The summed E-state index contributed by atoms with van der Waals surface area (Å²) in [6.45, 7) is 10.1. The number of anilines is 1. The van der Waals surface area contributed by atoms with Crippen LogP contribution in [0.3, 0.4) is 0 Å². The molecular formula is C25H28ClN7O. The first-order valence-electron chi connectivity index (χ1n) is 11.4. The van der Waals surface area contributed by atoms with E-state index in [9.17, 15) is 4.79 Å². The number of hydrogen-bond donors (Lipinski definition) is 0. The smallest absolute Gasteiger partial charge is 0.344 e. The Hall–Kier alpha value is -3.23. The maximum absolute atomic E-state index is 13.0. The Morgan fingerprint density at radius 3 is 2.62 bits per heavy atom. The lowest BCUT2D eigenvalue weighted by molar-refractivity contribution is 0.197. The van der Waals surface area contributed by atoms with Crippen molar-refractivity contribution in [1.82, 2.24) is 29.5 Å². The van der Waals surface area contributed by atoms with E-state index in [0.717, 1.165) is 66.0 Å². The summed E-state index contributed by atoms with van der Waals surface area (Å²) in [5.74, 6) is 0.937. The summed E-state index contributed by atoms with van der Waals surface area (Å²) >= 11 is 6.61. The van der Waals surface area contributed by atoms with Crippen LogP contribution < -0.4 is 4.90 Å². The van der Waals surface area contributed by atoms with E-state index in [2.05, 4.69) is 38.7 Å². The predicted molar refractivity (Wildman–Crippen MR) is 133 cm³/mol. The van der Waals surface area contributed by atoms with Crippen LogP contribution in [0, 0.1) is 11.8 Å². The average molecular weight is 478 g/mol. The van der Waals surface area contributed by atoms with Gasteiger partial charge >= 0.3 is 6.03 Å². The zero-order chi connectivity index (χ0) is 23.8. The summed E-state index contributed by atoms with van der Waals surface area (Å²) in [4.78, 5) is 27.5. The van der Waals surface area contributed by atoms with Gasteiger partial charge in [0.25, 0.3) is 0 Å². The molecule has 4 heterocycles. The Bertz CT molecular complexity index is 1200. The molecule has 2 aromatic heterocycles. The normalized spacial score (nSPS) is 19.9. The van der Waals surface area contributed by atoms with Crippen molar-refractivity contribution in [1.29, 1.82) is 0 Å². The lowest BCUT2D eigenvalue weighted by atomic mass is 10.0. The van der Waals surface area contributed by atoms with Gasteiger partial charge in [-0.3, -0.25) is 4.90 Å². The number of halogens is 1. The molecule has 0 N–H and O–H groups in total. The predicted octanol–water partition coefficient (Wildman–Crippen LogP) is 4.00. The first-order valence-corrected chi connectivity index (χ1v) is 11.8. The second kappa shape index (κ2) is 9.19. The minimum absolute atomic E-state index is 0.0642. The fourth-order valence-electron chi connectivity index (χ4n) is 4.87. The average Bonchev–Trinajstić information content (AvgIpc) is 3.55. The van der Waals surface area contributed by atoms with Crippen molar-refractivity contribution in [3.63, 3.8) is 0 Å². The highest BCUT2D eigenvalue weighted by Crippen LogP contribution is 2.34. The molecule has 2 atom stereocenters. The number of likely N-dealkylation sites (tertiary alicyclic amines) is 2. The van der Waals surface area contributed by atoms with Crippen LogP contribution in [0.2, 0.25) is 5.02 Å². The van der Waals surface area contributed by atoms with Crippen molar-refractivity contribution in [3.05, 3.63) is 72.0 Å². The molecule has 0 radical (unpaired) electrons. The molecule has 0 saturated carbocycles. The van der Waals surface area contributed by atoms with E-state index in [1.807, 2.05) is 35.9 Å². The zero-order valence-electron chi connectivity index (χ0n) is 19.4. The Morgan fingerprint density at radius 1 is 1.21 bits per heavy atom. The lowest BCUT2D eigenvalue weighted by Crippen LogP contribution is -2.36. The monoisotopic (exact) mass is 477 g/mol. The van der Waals surface area contributed by atoms with Crippen LogP contribution >= 0.6 is 11.6 Å². The summed E-state index contributed by atoms with van der Waals surface area (Å²) in [7, 11) is 1.92. The molecule has 2 unspecified atom stereocenters. The van der Waals surface area contributed by atoms with Crippen LogP contribution in [0.25, 0.3) is 11.3 Å². The minimum atomic E-state index is -0.0642. The SMILES string of the molecule is C=C(C)N(C)c1cnn(C(=O)N2CC3CN(Cc4ccc(-c5ccncn5)cc4Cl)CC3C2)c1. The number of hydrogen-bond acceptors (Lipinski definition) is 6.